The molecule has 5 nitrogen and oxygen atoms in total. The van der Waals surface area contributed by atoms with Crippen molar-refractivity contribution in [2.45, 2.75) is 168 Å². The first kappa shape index (κ1) is 38.2. The molecule has 2 aromatic rings. The van der Waals surface area contributed by atoms with Gasteiger partial charge >= 0.3 is 5.97 Å². The van der Waals surface area contributed by atoms with Crippen LogP contribution in [0, 0.1) is 5.92 Å². The van der Waals surface area contributed by atoms with Crippen LogP contribution in [-0.2, 0) is 37.0 Å². The lowest BCUT2D eigenvalue weighted by molar-refractivity contribution is -0.211. The summed E-state index contributed by atoms with van der Waals surface area (Å²) in [4.78, 5) is 13.9. The van der Waals surface area contributed by atoms with Crippen LogP contribution in [0.5, 0.6) is 0 Å². The normalized spacial score (nSPS) is 17.0. The second-order valence-electron chi connectivity index (χ2n) is 13.3. The lowest BCUT2D eigenvalue weighted by Gasteiger charge is -2.34. The highest BCUT2D eigenvalue weighted by Crippen LogP contribution is 2.29. The number of unbranched alkanes of at least 4 members (excludes halogenated alkanes) is 11. The van der Waals surface area contributed by atoms with Gasteiger partial charge in [-0.15, -0.1) is 0 Å². The standard InChI is InChI=1S/C41H64O5/c1-3-5-7-9-10-11-12-13-20-28-37(44-33-35-24-16-14-17-25-35)32-39(46-40-30-22-23-31-43-40)38(29-21-8-6-4-2)41(42)45-34-36-26-18-15-19-27-36/h14-19,24-27,37-40H,3-13,20-23,28-34H2,1-2H3/t37-,38-,39-,40?/m0/s1. The zero-order valence-corrected chi connectivity index (χ0v) is 29.2. The van der Waals surface area contributed by atoms with E-state index in [1.165, 1.54) is 63.4 Å². The maximum absolute atomic E-state index is 13.9. The third kappa shape index (κ3) is 16.6. The molecule has 2 aromatic carbocycles. The first-order valence-electron chi connectivity index (χ1n) is 18.8. The Bertz CT molecular complexity index is 990. The Hall–Kier alpha value is -2.21. The zero-order valence-electron chi connectivity index (χ0n) is 29.2. The molecule has 0 amide bonds. The summed E-state index contributed by atoms with van der Waals surface area (Å²) in [5, 5.41) is 0. The number of hydrogen-bond acceptors (Lipinski definition) is 5. The summed E-state index contributed by atoms with van der Waals surface area (Å²) in [6, 6.07) is 20.4. The SMILES string of the molecule is CCCCCCCCCCC[C@@H](C[C@H](OC1CCCCO1)[C@H](CCCCCC)C(=O)OCc1ccccc1)OCc1ccccc1. The van der Waals surface area contributed by atoms with E-state index < -0.39 is 0 Å². The van der Waals surface area contributed by atoms with Crippen LogP contribution in [0.4, 0.5) is 0 Å². The Morgan fingerprint density at radius 1 is 0.717 bits per heavy atom. The van der Waals surface area contributed by atoms with E-state index in [1.807, 2.05) is 36.4 Å². The van der Waals surface area contributed by atoms with Gasteiger partial charge in [0, 0.05) is 13.0 Å². The lowest BCUT2D eigenvalue weighted by atomic mass is 9.90. The predicted octanol–water partition coefficient (Wildman–Crippen LogP) is 11.1. The molecule has 0 bridgehead atoms. The zero-order chi connectivity index (χ0) is 32.5. The molecule has 0 spiro atoms. The van der Waals surface area contributed by atoms with Crippen molar-refractivity contribution in [3.8, 4) is 0 Å². The highest BCUT2D eigenvalue weighted by Gasteiger charge is 2.35. The van der Waals surface area contributed by atoms with Gasteiger partial charge in [-0.2, -0.15) is 0 Å². The Labute approximate surface area is 281 Å². The monoisotopic (exact) mass is 636 g/mol. The second-order valence-corrected chi connectivity index (χ2v) is 13.3. The molecule has 3 rings (SSSR count). The fourth-order valence-electron chi connectivity index (χ4n) is 6.41. The summed E-state index contributed by atoms with van der Waals surface area (Å²) in [6.45, 7) is 6.05. The number of rotatable bonds is 26. The van der Waals surface area contributed by atoms with Crippen molar-refractivity contribution in [1.29, 1.82) is 0 Å². The maximum atomic E-state index is 13.9. The van der Waals surface area contributed by atoms with Crippen molar-refractivity contribution in [2.24, 2.45) is 5.92 Å². The van der Waals surface area contributed by atoms with E-state index in [-0.39, 0.29) is 37.0 Å². The molecule has 0 aromatic heterocycles. The number of esters is 1. The van der Waals surface area contributed by atoms with Crippen LogP contribution >= 0.6 is 0 Å². The number of carbonyl (C=O) groups excluding carboxylic acids is 1. The average molecular weight is 637 g/mol. The summed E-state index contributed by atoms with van der Waals surface area (Å²) >= 11 is 0. The molecule has 1 unspecified atom stereocenters. The fourth-order valence-corrected chi connectivity index (χ4v) is 6.41. The van der Waals surface area contributed by atoms with Gasteiger partial charge < -0.3 is 18.9 Å². The van der Waals surface area contributed by atoms with Crippen LogP contribution in [0.25, 0.3) is 0 Å². The average Bonchev–Trinajstić information content (AvgIpc) is 3.10. The van der Waals surface area contributed by atoms with Crippen LogP contribution in [-0.4, -0.2) is 31.1 Å². The van der Waals surface area contributed by atoms with Crippen molar-refractivity contribution in [1.82, 2.24) is 0 Å². The topological polar surface area (TPSA) is 54.0 Å². The molecule has 1 heterocycles. The molecular formula is C41H64O5. The van der Waals surface area contributed by atoms with Gasteiger partial charge in [0.1, 0.15) is 6.61 Å². The van der Waals surface area contributed by atoms with E-state index in [0.717, 1.165) is 63.4 Å². The van der Waals surface area contributed by atoms with Crippen LogP contribution in [0.1, 0.15) is 147 Å². The largest absolute Gasteiger partial charge is 0.461 e. The minimum atomic E-state index is -0.350. The van der Waals surface area contributed by atoms with E-state index in [4.69, 9.17) is 18.9 Å². The van der Waals surface area contributed by atoms with E-state index in [0.29, 0.717) is 19.6 Å². The smallest absolute Gasteiger partial charge is 0.311 e. The minimum absolute atomic E-state index is 0.00147. The van der Waals surface area contributed by atoms with Gasteiger partial charge in [-0.3, -0.25) is 4.79 Å². The third-order valence-corrected chi connectivity index (χ3v) is 9.26. The van der Waals surface area contributed by atoms with Gasteiger partial charge in [-0.05, 0) is 43.2 Å². The molecule has 258 valence electrons. The van der Waals surface area contributed by atoms with Crippen molar-refractivity contribution in [2.75, 3.05) is 6.61 Å². The molecule has 0 aliphatic carbocycles. The van der Waals surface area contributed by atoms with E-state index in [1.54, 1.807) is 0 Å². The van der Waals surface area contributed by atoms with Gasteiger partial charge in [0.25, 0.3) is 0 Å². The maximum Gasteiger partial charge on any atom is 0.311 e. The molecule has 0 radical (unpaired) electrons. The van der Waals surface area contributed by atoms with Gasteiger partial charge in [0.05, 0.1) is 24.7 Å². The molecule has 0 N–H and O–H groups in total. The molecule has 1 aliphatic rings. The van der Waals surface area contributed by atoms with Crippen molar-refractivity contribution in [3.05, 3.63) is 71.8 Å². The molecule has 0 saturated carbocycles. The summed E-state index contributed by atoms with van der Waals surface area (Å²) in [7, 11) is 0. The van der Waals surface area contributed by atoms with Crippen LogP contribution in [0.3, 0.4) is 0 Å². The number of hydrogen-bond donors (Lipinski definition) is 0. The summed E-state index contributed by atoms with van der Waals surface area (Å²) in [5.74, 6) is -0.511. The number of benzene rings is 2. The lowest BCUT2D eigenvalue weighted by Crippen LogP contribution is -2.39. The number of carbonyl (C=O) groups is 1. The molecular weight excluding hydrogens is 572 g/mol. The van der Waals surface area contributed by atoms with E-state index in [2.05, 4.69) is 38.1 Å². The Kier molecular flexibility index (Phi) is 20.7. The van der Waals surface area contributed by atoms with E-state index >= 15 is 0 Å². The van der Waals surface area contributed by atoms with Crippen LogP contribution in [0.15, 0.2) is 60.7 Å². The molecule has 5 heteroatoms. The van der Waals surface area contributed by atoms with Gasteiger partial charge in [-0.25, -0.2) is 0 Å². The predicted molar refractivity (Wildman–Crippen MR) is 188 cm³/mol. The molecule has 4 atom stereocenters. The van der Waals surface area contributed by atoms with Gasteiger partial charge in [0.15, 0.2) is 6.29 Å². The first-order valence-corrected chi connectivity index (χ1v) is 18.8. The summed E-state index contributed by atoms with van der Waals surface area (Å²) < 4.78 is 25.5. The van der Waals surface area contributed by atoms with Crippen molar-refractivity contribution >= 4 is 5.97 Å². The van der Waals surface area contributed by atoms with Crippen LogP contribution in [0.2, 0.25) is 0 Å². The highest BCUT2D eigenvalue weighted by molar-refractivity contribution is 5.73. The van der Waals surface area contributed by atoms with Crippen molar-refractivity contribution < 1.29 is 23.7 Å². The van der Waals surface area contributed by atoms with Crippen LogP contribution < -0.4 is 0 Å². The van der Waals surface area contributed by atoms with Gasteiger partial charge in [-0.1, -0.05) is 158 Å². The fraction of sp³-hybridized carbons (Fsp3) is 0.683. The Morgan fingerprint density at radius 3 is 1.89 bits per heavy atom. The first-order chi connectivity index (χ1) is 22.7. The van der Waals surface area contributed by atoms with Crippen molar-refractivity contribution in [3.63, 3.8) is 0 Å². The Morgan fingerprint density at radius 2 is 1.28 bits per heavy atom. The van der Waals surface area contributed by atoms with Gasteiger partial charge in [0.2, 0.25) is 0 Å². The summed E-state index contributed by atoms with van der Waals surface area (Å²) in [6.07, 6.45) is 20.9. The molecule has 1 saturated heterocycles. The van der Waals surface area contributed by atoms with E-state index in [9.17, 15) is 4.79 Å². The molecule has 46 heavy (non-hydrogen) atoms. The second kappa shape index (κ2) is 24.9. The summed E-state index contributed by atoms with van der Waals surface area (Å²) in [5.41, 5.74) is 2.18. The molecule has 1 aliphatic heterocycles. The third-order valence-electron chi connectivity index (χ3n) is 9.26. The minimum Gasteiger partial charge on any atom is -0.461 e. The molecule has 1 fully saturated rings. The Balaban J connectivity index is 1.71. The number of ether oxygens (including phenoxy) is 4. The quantitative estimate of drug-likeness (QED) is 0.0759. The highest BCUT2D eigenvalue weighted by atomic mass is 16.7.